The van der Waals surface area contributed by atoms with Crippen LogP contribution < -0.4 is 15.8 Å². The minimum atomic E-state index is -0.422. The SMILES string of the molecule is CCN(CC)c1ccc2c(C)c(-c3ccc(C4=CC(=O)NC4=O)cc3)c(=O)oc2c1. The van der Waals surface area contributed by atoms with Crippen molar-refractivity contribution in [3.63, 3.8) is 0 Å². The Morgan fingerprint density at radius 3 is 2.20 bits per heavy atom. The van der Waals surface area contributed by atoms with Crippen molar-refractivity contribution in [1.82, 2.24) is 5.32 Å². The fourth-order valence-corrected chi connectivity index (χ4v) is 3.91. The highest BCUT2D eigenvalue weighted by Crippen LogP contribution is 2.30. The van der Waals surface area contributed by atoms with Crippen LogP contribution in [0.4, 0.5) is 5.69 Å². The summed E-state index contributed by atoms with van der Waals surface area (Å²) in [4.78, 5) is 38.2. The van der Waals surface area contributed by atoms with E-state index in [1.54, 1.807) is 24.3 Å². The third-order valence-electron chi connectivity index (χ3n) is 5.52. The molecule has 0 fully saturated rings. The molecule has 0 aliphatic carbocycles. The van der Waals surface area contributed by atoms with Gasteiger partial charge >= 0.3 is 5.63 Å². The number of hydrogen-bond acceptors (Lipinski definition) is 5. The number of imide groups is 1. The maximum Gasteiger partial charge on any atom is 0.344 e. The Balaban J connectivity index is 1.77. The van der Waals surface area contributed by atoms with E-state index in [4.69, 9.17) is 4.42 Å². The third kappa shape index (κ3) is 3.30. The van der Waals surface area contributed by atoms with Crippen molar-refractivity contribution in [2.24, 2.45) is 0 Å². The van der Waals surface area contributed by atoms with E-state index < -0.39 is 17.4 Å². The maximum atomic E-state index is 12.8. The van der Waals surface area contributed by atoms with Gasteiger partial charge in [-0.1, -0.05) is 24.3 Å². The molecule has 0 saturated carbocycles. The standard InChI is InChI=1S/C24H22N2O4/c1-4-26(5-2)17-10-11-18-14(3)22(24(29)30-20(18)12-17)16-8-6-15(7-9-16)19-13-21(27)25-23(19)28/h6-13H,4-5H2,1-3H3,(H,25,27,28). The first kappa shape index (κ1) is 19.6. The van der Waals surface area contributed by atoms with Crippen LogP contribution in [0.2, 0.25) is 0 Å². The number of fused-ring (bicyclic) bond motifs is 1. The number of amides is 2. The van der Waals surface area contributed by atoms with Crippen LogP contribution in [0.5, 0.6) is 0 Å². The number of anilines is 1. The zero-order valence-electron chi connectivity index (χ0n) is 17.1. The van der Waals surface area contributed by atoms with Crippen LogP contribution in [0.3, 0.4) is 0 Å². The van der Waals surface area contributed by atoms with E-state index in [0.717, 1.165) is 29.7 Å². The highest BCUT2D eigenvalue weighted by Gasteiger charge is 2.22. The van der Waals surface area contributed by atoms with Crippen molar-refractivity contribution in [2.75, 3.05) is 18.0 Å². The highest BCUT2D eigenvalue weighted by atomic mass is 16.4. The summed E-state index contributed by atoms with van der Waals surface area (Å²) in [5.41, 5.74) is 4.14. The topological polar surface area (TPSA) is 79.6 Å². The fourth-order valence-electron chi connectivity index (χ4n) is 3.91. The van der Waals surface area contributed by atoms with E-state index in [1.807, 2.05) is 25.1 Å². The molecule has 2 heterocycles. The Hall–Kier alpha value is -3.67. The van der Waals surface area contributed by atoms with Gasteiger partial charge in [-0.2, -0.15) is 0 Å². The predicted octanol–water partition coefficient (Wildman–Crippen LogP) is 3.65. The first-order chi connectivity index (χ1) is 14.4. The molecule has 4 rings (SSSR count). The largest absolute Gasteiger partial charge is 0.422 e. The minimum absolute atomic E-state index is 0.317. The van der Waals surface area contributed by atoms with Gasteiger partial charge in [0.05, 0.1) is 11.1 Å². The Morgan fingerprint density at radius 1 is 0.933 bits per heavy atom. The Kier molecular flexibility index (Phi) is 4.99. The summed E-state index contributed by atoms with van der Waals surface area (Å²) in [6, 6.07) is 12.9. The van der Waals surface area contributed by atoms with Gasteiger partial charge in [0, 0.05) is 36.3 Å². The zero-order valence-corrected chi connectivity index (χ0v) is 17.1. The predicted molar refractivity (Wildman–Crippen MR) is 117 cm³/mol. The van der Waals surface area contributed by atoms with Crippen molar-refractivity contribution in [3.8, 4) is 11.1 Å². The van der Waals surface area contributed by atoms with E-state index in [1.165, 1.54) is 6.08 Å². The number of carbonyl (C=O) groups excluding carboxylic acids is 2. The lowest BCUT2D eigenvalue weighted by Gasteiger charge is -2.21. The summed E-state index contributed by atoms with van der Waals surface area (Å²) < 4.78 is 5.67. The molecular formula is C24H22N2O4. The summed E-state index contributed by atoms with van der Waals surface area (Å²) in [7, 11) is 0. The van der Waals surface area contributed by atoms with Crippen molar-refractivity contribution in [2.45, 2.75) is 20.8 Å². The summed E-state index contributed by atoms with van der Waals surface area (Å²) in [6.07, 6.45) is 1.28. The molecule has 0 unspecified atom stereocenters. The van der Waals surface area contributed by atoms with Gasteiger partial charge in [0.15, 0.2) is 0 Å². The number of carbonyl (C=O) groups is 2. The molecule has 30 heavy (non-hydrogen) atoms. The van der Waals surface area contributed by atoms with Crippen LogP contribution >= 0.6 is 0 Å². The summed E-state index contributed by atoms with van der Waals surface area (Å²) >= 11 is 0. The second-order valence-corrected chi connectivity index (χ2v) is 7.20. The highest BCUT2D eigenvalue weighted by molar-refractivity contribution is 6.33. The molecule has 0 bridgehead atoms. The average Bonchev–Trinajstić information content (AvgIpc) is 3.07. The van der Waals surface area contributed by atoms with Crippen LogP contribution in [0, 0.1) is 6.92 Å². The summed E-state index contributed by atoms with van der Waals surface area (Å²) in [6.45, 7) is 7.82. The molecular weight excluding hydrogens is 380 g/mol. The summed E-state index contributed by atoms with van der Waals surface area (Å²) in [5.74, 6) is -0.840. The molecule has 1 N–H and O–H groups in total. The van der Waals surface area contributed by atoms with Gasteiger partial charge < -0.3 is 9.32 Å². The van der Waals surface area contributed by atoms with Crippen molar-refractivity contribution in [3.05, 3.63) is 70.1 Å². The quantitative estimate of drug-likeness (QED) is 0.521. The number of hydrogen-bond donors (Lipinski definition) is 1. The Bertz CT molecular complexity index is 1250. The molecule has 0 saturated heterocycles. The number of rotatable bonds is 5. The molecule has 1 aromatic heterocycles. The molecule has 0 radical (unpaired) electrons. The van der Waals surface area contributed by atoms with Gasteiger partial charge in [0.25, 0.3) is 11.8 Å². The molecule has 2 amide bonds. The molecule has 1 aliphatic heterocycles. The monoisotopic (exact) mass is 402 g/mol. The molecule has 0 spiro atoms. The molecule has 6 heteroatoms. The van der Waals surface area contributed by atoms with Crippen LogP contribution in [-0.4, -0.2) is 24.9 Å². The molecule has 6 nitrogen and oxygen atoms in total. The molecule has 3 aromatic rings. The van der Waals surface area contributed by atoms with Crippen LogP contribution in [-0.2, 0) is 9.59 Å². The third-order valence-corrected chi connectivity index (χ3v) is 5.52. The van der Waals surface area contributed by atoms with Gasteiger partial charge in [-0.15, -0.1) is 0 Å². The number of nitrogens with one attached hydrogen (secondary N) is 1. The second kappa shape index (κ2) is 7.63. The molecule has 1 aliphatic rings. The van der Waals surface area contributed by atoms with Crippen LogP contribution in [0.1, 0.15) is 25.0 Å². The Labute approximate surface area is 173 Å². The second-order valence-electron chi connectivity index (χ2n) is 7.20. The number of aryl methyl sites for hydroxylation is 1. The fraction of sp³-hybridized carbons (Fsp3) is 0.208. The van der Waals surface area contributed by atoms with Crippen LogP contribution in [0.15, 0.2) is 57.8 Å². The normalized spacial score (nSPS) is 13.5. The van der Waals surface area contributed by atoms with Crippen LogP contribution in [0.25, 0.3) is 27.7 Å². The van der Waals surface area contributed by atoms with E-state index >= 15 is 0 Å². The van der Waals surface area contributed by atoms with Gasteiger partial charge in [-0.05, 0) is 49.6 Å². The first-order valence-electron chi connectivity index (χ1n) is 9.93. The lowest BCUT2D eigenvalue weighted by atomic mass is 9.97. The Morgan fingerprint density at radius 2 is 1.60 bits per heavy atom. The molecule has 2 aromatic carbocycles. The lowest BCUT2D eigenvalue weighted by Crippen LogP contribution is -2.21. The van der Waals surface area contributed by atoms with Gasteiger partial charge in [0.2, 0.25) is 0 Å². The summed E-state index contributed by atoms with van der Waals surface area (Å²) in [5, 5.41) is 3.11. The lowest BCUT2D eigenvalue weighted by molar-refractivity contribution is -0.123. The van der Waals surface area contributed by atoms with Gasteiger partial charge in [0.1, 0.15) is 5.58 Å². The number of benzene rings is 2. The van der Waals surface area contributed by atoms with E-state index in [2.05, 4.69) is 24.1 Å². The molecule has 0 atom stereocenters. The molecule has 152 valence electrons. The smallest absolute Gasteiger partial charge is 0.344 e. The van der Waals surface area contributed by atoms with E-state index in [-0.39, 0.29) is 0 Å². The maximum absolute atomic E-state index is 12.8. The number of nitrogens with zero attached hydrogens (tertiary/aromatic N) is 1. The van der Waals surface area contributed by atoms with Crippen molar-refractivity contribution in [1.29, 1.82) is 0 Å². The van der Waals surface area contributed by atoms with E-state index in [9.17, 15) is 14.4 Å². The average molecular weight is 402 g/mol. The minimum Gasteiger partial charge on any atom is -0.422 e. The van der Waals surface area contributed by atoms with Crippen molar-refractivity contribution >= 4 is 34.0 Å². The van der Waals surface area contributed by atoms with Crippen molar-refractivity contribution < 1.29 is 14.0 Å². The van der Waals surface area contributed by atoms with Gasteiger partial charge in [-0.25, -0.2) is 4.79 Å². The zero-order chi connectivity index (χ0) is 21.4. The van der Waals surface area contributed by atoms with E-state index in [0.29, 0.717) is 27.8 Å². The van der Waals surface area contributed by atoms with Gasteiger partial charge in [-0.3, -0.25) is 14.9 Å². The first-order valence-corrected chi connectivity index (χ1v) is 9.93.